The van der Waals surface area contributed by atoms with E-state index in [9.17, 15) is 24.3 Å². The Balaban J connectivity index is 2.90. The van der Waals surface area contributed by atoms with Gasteiger partial charge in [0.1, 0.15) is 12.1 Å². The summed E-state index contributed by atoms with van der Waals surface area (Å²) < 4.78 is 0. The van der Waals surface area contributed by atoms with Crippen molar-refractivity contribution in [2.75, 3.05) is 6.54 Å². The molecule has 0 unspecified atom stereocenters. The molecule has 29 heavy (non-hydrogen) atoms. The molecule has 0 bridgehead atoms. The molecule has 3 atom stereocenters. The number of hydrogen-bond donors (Lipinski definition) is 6. The maximum Gasteiger partial charge on any atom is 0.326 e. The van der Waals surface area contributed by atoms with E-state index in [0.29, 0.717) is 19.4 Å². The lowest BCUT2D eigenvalue weighted by atomic mass is 10.0. The number of nitrogens with one attached hydrogen (secondary N) is 2. The molecule has 0 spiro atoms. The number of rotatable bonds is 13. The number of carbonyl (C=O) groups excluding carboxylic acids is 3. The number of primary amides is 1. The molecule has 0 heterocycles. The highest BCUT2D eigenvalue weighted by Gasteiger charge is 2.28. The minimum Gasteiger partial charge on any atom is -0.480 e. The molecule has 0 radical (unpaired) electrons. The summed E-state index contributed by atoms with van der Waals surface area (Å²) in [7, 11) is 0. The molecule has 0 aliphatic heterocycles. The maximum absolute atomic E-state index is 12.7. The van der Waals surface area contributed by atoms with Gasteiger partial charge in [0.2, 0.25) is 17.7 Å². The van der Waals surface area contributed by atoms with Crippen molar-refractivity contribution in [1.82, 2.24) is 10.6 Å². The summed E-state index contributed by atoms with van der Waals surface area (Å²) in [4.78, 5) is 47.4. The Morgan fingerprint density at radius 2 is 1.59 bits per heavy atom. The number of amides is 3. The molecule has 0 aromatic heterocycles. The molecule has 160 valence electrons. The van der Waals surface area contributed by atoms with Gasteiger partial charge in [0, 0.05) is 6.42 Å². The van der Waals surface area contributed by atoms with Crippen molar-refractivity contribution in [2.24, 2.45) is 17.2 Å². The van der Waals surface area contributed by atoms with Crippen LogP contribution in [-0.2, 0) is 25.6 Å². The third-order valence-corrected chi connectivity index (χ3v) is 4.24. The average Bonchev–Trinajstić information content (AvgIpc) is 2.66. The summed E-state index contributed by atoms with van der Waals surface area (Å²) in [5.41, 5.74) is 16.9. The normalized spacial score (nSPS) is 13.7. The monoisotopic (exact) mass is 407 g/mol. The molecular weight excluding hydrogens is 378 g/mol. The highest BCUT2D eigenvalue weighted by Crippen LogP contribution is 2.06. The van der Waals surface area contributed by atoms with E-state index < -0.39 is 41.8 Å². The second-order valence-corrected chi connectivity index (χ2v) is 6.71. The average molecular weight is 407 g/mol. The quantitative estimate of drug-likeness (QED) is 0.217. The SMILES string of the molecule is NCCCC[C@H](NC(=O)[C@H](Cc1ccccc1)NC(=O)[C@@H](N)CC(N)=O)C(=O)O. The molecule has 3 amide bonds. The fourth-order valence-corrected chi connectivity index (χ4v) is 2.67. The van der Waals surface area contributed by atoms with E-state index in [4.69, 9.17) is 17.2 Å². The summed E-state index contributed by atoms with van der Waals surface area (Å²) in [6.45, 7) is 0.421. The van der Waals surface area contributed by atoms with Crippen LogP contribution in [0.4, 0.5) is 0 Å². The fourth-order valence-electron chi connectivity index (χ4n) is 2.67. The van der Waals surface area contributed by atoms with Crippen LogP contribution in [0.2, 0.25) is 0 Å². The van der Waals surface area contributed by atoms with Gasteiger partial charge in [0.05, 0.1) is 12.5 Å². The molecule has 0 fully saturated rings. The number of carboxylic acid groups (broad SMARTS) is 1. The lowest BCUT2D eigenvalue weighted by Gasteiger charge is -2.23. The predicted molar refractivity (Wildman–Crippen MR) is 106 cm³/mol. The number of nitrogens with two attached hydrogens (primary N) is 3. The molecule has 0 aliphatic carbocycles. The van der Waals surface area contributed by atoms with E-state index in [1.807, 2.05) is 0 Å². The first-order valence-corrected chi connectivity index (χ1v) is 9.36. The minimum absolute atomic E-state index is 0.122. The van der Waals surface area contributed by atoms with Crippen molar-refractivity contribution in [3.63, 3.8) is 0 Å². The van der Waals surface area contributed by atoms with E-state index in [1.54, 1.807) is 30.3 Å². The van der Waals surface area contributed by atoms with E-state index in [2.05, 4.69) is 10.6 Å². The first-order valence-electron chi connectivity index (χ1n) is 9.36. The van der Waals surface area contributed by atoms with Crippen LogP contribution in [-0.4, -0.2) is 53.5 Å². The number of aliphatic carboxylic acids is 1. The first kappa shape index (κ1) is 24.1. The van der Waals surface area contributed by atoms with Gasteiger partial charge in [-0.25, -0.2) is 4.79 Å². The smallest absolute Gasteiger partial charge is 0.326 e. The Morgan fingerprint density at radius 3 is 2.14 bits per heavy atom. The molecule has 10 heteroatoms. The first-order chi connectivity index (χ1) is 13.7. The molecule has 9 N–H and O–H groups in total. The molecule has 1 aromatic rings. The van der Waals surface area contributed by atoms with Crippen LogP contribution in [0.5, 0.6) is 0 Å². The van der Waals surface area contributed by atoms with Crippen LogP contribution in [0.25, 0.3) is 0 Å². The van der Waals surface area contributed by atoms with Crippen molar-refractivity contribution in [3.8, 4) is 0 Å². The second-order valence-electron chi connectivity index (χ2n) is 6.71. The highest BCUT2D eigenvalue weighted by atomic mass is 16.4. The highest BCUT2D eigenvalue weighted by molar-refractivity contribution is 5.93. The van der Waals surface area contributed by atoms with Crippen LogP contribution in [0.15, 0.2) is 30.3 Å². The van der Waals surface area contributed by atoms with Crippen LogP contribution in [0.3, 0.4) is 0 Å². The lowest BCUT2D eigenvalue weighted by molar-refractivity contribution is -0.142. The van der Waals surface area contributed by atoms with Gasteiger partial charge in [0.25, 0.3) is 0 Å². The van der Waals surface area contributed by atoms with Crippen LogP contribution < -0.4 is 27.8 Å². The van der Waals surface area contributed by atoms with Crippen molar-refractivity contribution in [2.45, 2.75) is 50.2 Å². The van der Waals surface area contributed by atoms with Crippen LogP contribution in [0, 0.1) is 0 Å². The largest absolute Gasteiger partial charge is 0.480 e. The Labute approximate surface area is 169 Å². The fraction of sp³-hybridized carbons (Fsp3) is 0.474. The standard InChI is InChI=1S/C19H29N5O5/c20-9-5-4-8-14(19(28)29)23-18(27)15(10-12-6-2-1-3-7-12)24-17(26)13(21)11-16(22)25/h1-3,6-7,13-15H,4-5,8-11,20-21H2,(H2,22,25)(H,23,27)(H,24,26)(H,28,29)/t13-,14-,15-/m0/s1. The topological polar surface area (TPSA) is 191 Å². The van der Waals surface area contributed by atoms with Gasteiger partial charge in [0.15, 0.2) is 0 Å². The van der Waals surface area contributed by atoms with Crippen LogP contribution in [0.1, 0.15) is 31.2 Å². The van der Waals surface area contributed by atoms with Gasteiger partial charge in [-0.3, -0.25) is 14.4 Å². The zero-order valence-electron chi connectivity index (χ0n) is 16.2. The number of carboxylic acids is 1. The Hall–Kier alpha value is -2.98. The van der Waals surface area contributed by atoms with Gasteiger partial charge in [-0.1, -0.05) is 30.3 Å². The third kappa shape index (κ3) is 9.17. The Kier molecular flexibility index (Phi) is 10.3. The predicted octanol–water partition coefficient (Wildman–Crippen LogP) is -1.38. The van der Waals surface area contributed by atoms with Gasteiger partial charge < -0.3 is 32.9 Å². The molecule has 0 saturated heterocycles. The number of carbonyl (C=O) groups is 4. The molecular formula is C19H29N5O5. The van der Waals surface area contributed by atoms with Gasteiger partial charge >= 0.3 is 5.97 Å². The summed E-state index contributed by atoms with van der Waals surface area (Å²) >= 11 is 0. The van der Waals surface area contributed by atoms with E-state index >= 15 is 0 Å². The third-order valence-electron chi connectivity index (χ3n) is 4.24. The Morgan fingerprint density at radius 1 is 0.966 bits per heavy atom. The zero-order chi connectivity index (χ0) is 21.8. The Bertz CT molecular complexity index is 697. The molecule has 1 rings (SSSR count). The van der Waals surface area contributed by atoms with E-state index in [-0.39, 0.29) is 19.3 Å². The van der Waals surface area contributed by atoms with E-state index in [0.717, 1.165) is 5.56 Å². The van der Waals surface area contributed by atoms with Crippen molar-refractivity contribution < 1.29 is 24.3 Å². The van der Waals surface area contributed by atoms with Gasteiger partial charge in [-0.2, -0.15) is 0 Å². The molecule has 0 saturated carbocycles. The van der Waals surface area contributed by atoms with Gasteiger partial charge in [-0.05, 0) is 31.4 Å². The van der Waals surface area contributed by atoms with Crippen LogP contribution >= 0.6 is 0 Å². The minimum atomic E-state index is -1.21. The molecule has 10 nitrogen and oxygen atoms in total. The molecule has 0 aliphatic rings. The second kappa shape index (κ2) is 12.5. The maximum atomic E-state index is 12.7. The summed E-state index contributed by atoms with van der Waals surface area (Å²) in [6.07, 6.45) is 1.13. The van der Waals surface area contributed by atoms with Crippen molar-refractivity contribution in [3.05, 3.63) is 35.9 Å². The summed E-state index contributed by atoms with van der Waals surface area (Å²) in [5, 5.41) is 14.3. The summed E-state index contributed by atoms with van der Waals surface area (Å²) in [5.74, 6) is -3.31. The van der Waals surface area contributed by atoms with Crippen molar-refractivity contribution >= 4 is 23.7 Å². The zero-order valence-corrected chi connectivity index (χ0v) is 16.2. The molecule has 1 aromatic carbocycles. The number of unbranched alkanes of at least 4 members (excludes halogenated alkanes) is 1. The number of hydrogen-bond acceptors (Lipinski definition) is 6. The van der Waals surface area contributed by atoms with E-state index in [1.165, 1.54) is 0 Å². The van der Waals surface area contributed by atoms with Crippen molar-refractivity contribution in [1.29, 1.82) is 0 Å². The number of benzene rings is 1. The van der Waals surface area contributed by atoms with Gasteiger partial charge in [-0.15, -0.1) is 0 Å². The lowest BCUT2D eigenvalue weighted by Crippen LogP contribution is -2.55. The summed E-state index contributed by atoms with van der Waals surface area (Å²) in [6, 6.07) is 5.51.